The van der Waals surface area contributed by atoms with Crippen LogP contribution in [0.2, 0.25) is 0 Å². The van der Waals surface area contributed by atoms with Crippen molar-refractivity contribution in [2.24, 2.45) is 0 Å². The quantitative estimate of drug-likeness (QED) is 0.309. The number of thiazole rings is 1. The molecule has 5 rings (SSSR count). The standard InChI is InChI=1S/C33H42N6O7S/c40-27-13-12-24(31(44)45)37-29(42)26-17-22(36-28(41)25-19-47-20-35-25)18-39(26)30(43)23(11-5-8-16-34-27)38-32(46)33(14-6-2-7-15-33)21-9-3-1-4-10-21/h1,3-4,9-10,19-20,22-24,26H,2,5-8,11-18H2,(H,34,40)(H,36,41)(H,37,42)(H,38,46)(H,44,45)/t22-,23+,24+,26+/m1/s1. The summed E-state index contributed by atoms with van der Waals surface area (Å²) in [7, 11) is 0. The highest BCUT2D eigenvalue weighted by molar-refractivity contribution is 7.07. The third kappa shape index (κ3) is 8.16. The lowest BCUT2D eigenvalue weighted by Crippen LogP contribution is -2.57. The zero-order valence-corrected chi connectivity index (χ0v) is 27.1. The lowest BCUT2D eigenvalue weighted by molar-refractivity contribution is -0.145. The second-order valence-electron chi connectivity index (χ2n) is 12.6. The number of nitrogens with one attached hydrogen (secondary N) is 4. The van der Waals surface area contributed by atoms with E-state index in [1.54, 1.807) is 5.38 Å². The van der Waals surface area contributed by atoms with Crippen LogP contribution >= 0.6 is 11.3 Å². The Morgan fingerprint density at radius 1 is 0.979 bits per heavy atom. The lowest BCUT2D eigenvalue weighted by atomic mass is 9.68. The van der Waals surface area contributed by atoms with Crippen LogP contribution < -0.4 is 21.3 Å². The predicted octanol–water partition coefficient (Wildman–Crippen LogP) is 1.88. The van der Waals surface area contributed by atoms with Gasteiger partial charge in [0.05, 0.1) is 10.9 Å². The van der Waals surface area contributed by atoms with E-state index in [9.17, 15) is 33.9 Å². The van der Waals surface area contributed by atoms with Gasteiger partial charge in [-0.15, -0.1) is 11.3 Å². The maximum Gasteiger partial charge on any atom is 0.326 e. The van der Waals surface area contributed by atoms with E-state index in [0.29, 0.717) is 32.2 Å². The van der Waals surface area contributed by atoms with Crippen LogP contribution in [0.4, 0.5) is 0 Å². The summed E-state index contributed by atoms with van der Waals surface area (Å²) in [6, 6.07) is 5.53. The predicted molar refractivity (Wildman–Crippen MR) is 172 cm³/mol. The van der Waals surface area contributed by atoms with E-state index < -0.39 is 53.3 Å². The van der Waals surface area contributed by atoms with Gasteiger partial charge in [0.15, 0.2) is 0 Å². The highest BCUT2D eigenvalue weighted by Crippen LogP contribution is 2.40. The maximum absolute atomic E-state index is 14.4. The van der Waals surface area contributed by atoms with Crippen molar-refractivity contribution in [3.8, 4) is 0 Å². The summed E-state index contributed by atoms with van der Waals surface area (Å²) >= 11 is 1.26. The molecule has 1 aromatic carbocycles. The molecule has 1 aliphatic carbocycles. The molecule has 1 saturated carbocycles. The molecule has 4 atom stereocenters. The van der Waals surface area contributed by atoms with Crippen LogP contribution in [0.1, 0.15) is 86.7 Å². The molecule has 1 aromatic heterocycles. The molecule has 3 aliphatic rings. The zero-order valence-electron chi connectivity index (χ0n) is 26.2. The number of benzene rings is 1. The van der Waals surface area contributed by atoms with Gasteiger partial charge < -0.3 is 31.3 Å². The van der Waals surface area contributed by atoms with Gasteiger partial charge in [0.1, 0.15) is 23.8 Å². The van der Waals surface area contributed by atoms with E-state index in [1.165, 1.54) is 21.7 Å². The minimum atomic E-state index is -1.36. The molecule has 252 valence electrons. The van der Waals surface area contributed by atoms with Crippen LogP contribution in [0.15, 0.2) is 41.2 Å². The van der Waals surface area contributed by atoms with Gasteiger partial charge in [0.2, 0.25) is 23.6 Å². The van der Waals surface area contributed by atoms with E-state index in [0.717, 1.165) is 24.8 Å². The van der Waals surface area contributed by atoms with Gasteiger partial charge >= 0.3 is 5.97 Å². The first-order chi connectivity index (χ1) is 22.7. The van der Waals surface area contributed by atoms with Crippen LogP contribution in [0.25, 0.3) is 0 Å². The molecular formula is C33H42N6O7S. The van der Waals surface area contributed by atoms with Crippen molar-refractivity contribution < 1.29 is 33.9 Å². The lowest BCUT2D eigenvalue weighted by Gasteiger charge is -2.38. The second-order valence-corrected chi connectivity index (χ2v) is 13.3. The average Bonchev–Trinajstić information content (AvgIpc) is 3.77. The molecule has 14 heteroatoms. The van der Waals surface area contributed by atoms with Crippen molar-refractivity contribution >= 4 is 46.8 Å². The van der Waals surface area contributed by atoms with Gasteiger partial charge in [-0.1, -0.05) is 49.6 Å². The Labute approximate surface area is 277 Å². The Balaban J connectivity index is 1.44. The number of carbonyl (C=O) groups is 6. The third-order valence-corrected chi connectivity index (χ3v) is 10.1. The molecule has 0 unspecified atom stereocenters. The van der Waals surface area contributed by atoms with Crippen molar-refractivity contribution in [3.05, 3.63) is 52.5 Å². The summed E-state index contributed by atoms with van der Waals surface area (Å²) in [6.45, 7) is 0.309. The fourth-order valence-corrected chi connectivity index (χ4v) is 7.45. The third-order valence-electron chi connectivity index (χ3n) is 9.47. The number of rotatable bonds is 6. The monoisotopic (exact) mass is 666 g/mol. The number of hydrogen-bond acceptors (Lipinski definition) is 8. The van der Waals surface area contributed by atoms with Crippen molar-refractivity contribution in [1.82, 2.24) is 31.2 Å². The Bertz CT molecular complexity index is 1450. The molecule has 0 radical (unpaired) electrons. The number of carboxylic acids is 1. The van der Waals surface area contributed by atoms with Gasteiger partial charge in [0, 0.05) is 30.9 Å². The summed E-state index contributed by atoms with van der Waals surface area (Å²) in [5.41, 5.74) is 1.83. The molecule has 5 N–H and O–H groups in total. The fraction of sp³-hybridized carbons (Fsp3) is 0.545. The van der Waals surface area contributed by atoms with Gasteiger partial charge in [-0.2, -0.15) is 0 Å². The Morgan fingerprint density at radius 2 is 1.74 bits per heavy atom. The molecule has 13 nitrogen and oxygen atoms in total. The number of aromatic nitrogens is 1. The van der Waals surface area contributed by atoms with Crippen LogP contribution in [-0.2, 0) is 29.4 Å². The Morgan fingerprint density at radius 3 is 2.45 bits per heavy atom. The van der Waals surface area contributed by atoms with Crippen molar-refractivity contribution in [3.63, 3.8) is 0 Å². The zero-order chi connectivity index (χ0) is 33.4. The van der Waals surface area contributed by atoms with Gasteiger partial charge in [-0.05, 0) is 50.5 Å². The minimum Gasteiger partial charge on any atom is -0.480 e. The van der Waals surface area contributed by atoms with Gasteiger partial charge in [-0.25, -0.2) is 9.78 Å². The number of carboxylic acid groups (broad SMARTS) is 1. The molecule has 5 amide bonds. The second kappa shape index (κ2) is 15.5. The Hall–Kier alpha value is -4.33. The van der Waals surface area contributed by atoms with Crippen molar-refractivity contribution in [2.75, 3.05) is 13.1 Å². The first kappa shape index (κ1) is 34.0. The molecule has 47 heavy (non-hydrogen) atoms. The normalized spacial score (nSPS) is 25.7. The number of carbonyl (C=O) groups excluding carboxylic acids is 5. The van der Waals surface area contributed by atoms with Crippen LogP contribution in [-0.4, -0.2) is 87.8 Å². The molecule has 0 spiro atoms. The van der Waals surface area contributed by atoms with E-state index in [1.807, 2.05) is 30.3 Å². The minimum absolute atomic E-state index is 0.0131. The topological polar surface area (TPSA) is 187 Å². The number of aliphatic carboxylic acids is 1. The van der Waals surface area contributed by atoms with Crippen molar-refractivity contribution in [1.29, 1.82) is 0 Å². The van der Waals surface area contributed by atoms with Crippen molar-refractivity contribution in [2.45, 2.75) is 100 Å². The molecule has 2 aliphatic heterocycles. The van der Waals surface area contributed by atoms with E-state index in [-0.39, 0.29) is 49.7 Å². The molecule has 3 fully saturated rings. The number of amides is 5. The fourth-order valence-electron chi connectivity index (χ4n) is 6.92. The summed E-state index contributed by atoms with van der Waals surface area (Å²) in [6.07, 6.45) is 5.17. The van der Waals surface area contributed by atoms with Crippen LogP contribution in [0.5, 0.6) is 0 Å². The molecule has 2 aromatic rings. The number of nitrogens with zero attached hydrogens (tertiary/aromatic N) is 2. The number of fused-ring (bicyclic) bond motifs is 1. The first-order valence-electron chi connectivity index (χ1n) is 16.3. The van der Waals surface area contributed by atoms with Crippen LogP contribution in [0.3, 0.4) is 0 Å². The van der Waals surface area contributed by atoms with Gasteiger partial charge in [0.25, 0.3) is 5.91 Å². The largest absolute Gasteiger partial charge is 0.480 e. The Kier molecular flexibility index (Phi) is 11.2. The molecular weight excluding hydrogens is 624 g/mol. The molecule has 0 bridgehead atoms. The molecule has 3 heterocycles. The summed E-state index contributed by atoms with van der Waals surface area (Å²) < 4.78 is 0. The van der Waals surface area contributed by atoms with Gasteiger partial charge in [-0.3, -0.25) is 24.0 Å². The molecule has 2 saturated heterocycles. The number of hydrogen-bond donors (Lipinski definition) is 5. The maximum atomic E-state index is 14.4. The van der Waals surface area contributed by atoms with Crippen LogP contribution in [0, 0.1) is 0 Å². The summed E-state index contributed by atoms with van der Waals surface area (Å²) in [5.74, 6) is -3.52. The smallest absolute Gasteiger partial charge is 0.326 e. The first-order valence-corrected chi connectivity index (χ1v) is 17.3. The SMILES string of the molecule is O=C1CC[C@@H](C(=O)O)NC(=O)[C@@H]2C[C@@H](NC(=O)c3cscn3)CN2C(=O)[C@@H](NC(=O)C2(c3ccccc3)CCCCC2)CCCCN1. The van der Waals surface area contributed by atoms with E-state index in [2.05, 4.69) is 26.3 Å². The van der Waals surface area contributed by atoms with E-state index in [4.69, 9.17) is 0 Å². The summed E-state index contributed by atoms with van der Waals surface area (Å²) in [5, 5.41) is 22.6. The van der Waals surface area contributed by atoms with E-state index >= 15 is 0 Å². The average molecular weight is 667 g/mol. The highest BCUT2D eigenvalue weighted by Gasteiger charge is 2.46. The summed E-state index contributed by atoms with van der Waals surface area (Å²) in [4.78, 5) is 85.1. The highest BCUT2D eigenvalue weighted by atomic mass is 32.1.